The fourth-order valence-corrected chi connectivity index (χ4v) is 2.38. The summed E-state index contributed by atoms with van der Waals surface area (Å²) in [7, 11) is 0. The van der Waals surface area contributed by atoms with Crippen molar-refractivity contribution in [2.75, 3.05) is 13.2 Å². The first-order valence-electron chi connectivity index (χ1n) is 6.41. The predicted molar refractivity (Wildman–Crippen MR) is 67.2 cm³/mol. The molecule has 1 aromatic carbocycles. The zero-order valence-electron chi connectivity index (χ0n) is 10.7. The van der Waals surface area contributed by atoms with Gasteiger partial charge in [-0.25, -0.2) is 9.59 Å². The molecular formula is C14H14O6. The van der Waals surface area contributed by atoms with Crippen LogP contribution in [0.15, 0.2) is 12.1 Å². The third-order valence-corrected chi connectivity index (χ3v) is 3.54. The van der Waals surface area contributed by atoms with Gasteiger partial charge in [0.1, 0.15) is 0 Å². The molecule has 0 spiro atoms. The molecule has 2 atom stereocenters. The monoisotopic (exact) mass is 278 g/mol. The molecule has 2 aliphatic heterocycles. The molecule has 2 saturated heterocycles. The number of carboxylic acids is 2. The van der Waals surface area contributed by atoms with E-state index in [-0.39, 0.29) is 23.3 Å². The number of rotatable bonds is 6. The fourth-order valence-electron chi connectivity index (χ4n) is 2.38. The number of ether oxygens (including phenoxy) is 2. The third kappa shape index (κ3) is 2.66. The van der Waals surface area contributed by atoms with Crippen molar-refractivity contribution < 1.29 is 29.3 Å². The van der Waals surface area contributed by atoms with Crippen molar-refractivity contribution >= 4 is 11.9 Å². The smallest absolute Gasteiger partial charge is 0.336 e. The molecule has 2 fully saturated rings. The van der Waals surface area contributed by atoms with E-state index in [4.69, 9.17) is 14.6 Å². The van der Waals surface area contributed by atoms with Crippen LogP contribution < -0.4 is 0 Å². The standard InChI is InChI=1S/C14H14O6/c15-13(16)10-2-1-7(3-8-5-19-8)11(4-9-6-20-9)12(10)14(17)18/h1-2,8-9H,3-6H2,(H,15,16)(H,17,18). The van der Waals surface area contributed by atoms with Gasteiger partial charge in [0.05, 0.1) is 36.5 Å². The van der Waals surface area contributed by atoms with E-state index in [0.717, 1.165) is 5.56 Å². The van der Waals surface area contributed by atoms with Crippen LogP contribution in [0.3, 0.4) is 0 Å². The molecule has 106 valence electrons. The Morgan fingerprint density at radius 3 is 2.15 bits per heavy atom. The maximum absolute atomic E-state index is 11.5. The summed E-state index contributed by atoms with van der Waals surface area (Å²) in [6.07, 6.45) is 1.16. The number of hydrogen-bond donors (Lipinski definition) is 2. The van der Waals surface area contributed by atoms with Crippen LogP contribution in [0, 0.1) is 0 Å². The maximum Gasteiger partial charge on any atom is 0.336 e. The molecule has 0 aliphatic carbocycles. The first kappa shape index (κ1) is 13.1. The zero-order chi connectivity index (χ0) is 14.3. The minimum atomic E-state index is -1.23. The van der Waals surface area contributed by atoms with E-state index in [1.54, 1.807) is 6.07 Å². The van der Waals surface area contributed by atoms with Crippen molar-refractivity contribution in [2.45, 2.75) is 25.0 Å². The minimum absolute atomic E-state index is 0.00369. The highest BCUT2D eigenvalue weighted by atomic mass is 16.6. The maximum atomic E-state index is 11.5. The lowest BCUT2D eigenvalue weighted by molar-refractivity contribution is 0.0650. The van der Waals surface area contributed by atoms with Crippen LogP contribution in [0.1, 0.15) is 31.8 Å². The second-order valence-electron chi connectivity index (χ2n) is 5.06. The second-order valence-corrected chi connectivity index (χ2v) is 5.06. The number of carbonyl (C=O) groups is 2. The van der Waals surface area contributed by atoms with Gasteiger partial charge in [-0.2, -0.15) is 0 Å². The van der Waals surface area contributed by atoms with Crippen molar-refractivity contribution in [2.24, 2.45) is 0 Å². The van der Waals surface area contributed by atoms with Crippen LogP contribution in [0.5, 0.6) is 0 Å². The molecule has 6 heteroatoms. The summed E-state index contributed by atoms with van der Waals surface area (Å²) in [6.45, 7) is 1.26. The molecule has 1 aromatic rings. The molecule has 2 unspecified atom stereocenters. The molecule has 2 heterocycles. The van der Waals surface area contributed by atoms with Gasteiger partial charge in [0, 0.05) is 12.8 Å². The highest BCUT2D eigenvalue weighted by Crippen LogP contribution is 2.28. The lowest BCUT2D eigenvalue weighted by Crippen LogP contribution is -2.16. The highest BCUT2D eigenvalue weighted by molar-refractivity contribution is 6.03. The average Bonchev–Trinajstić information content (AvgIpc) is 3.24. The number of epoxide rings is 2. The Morgan fingerprint density at radius 1 is 1.05 bits per heavy atom. The van der Waals surface area contributed by atoms with Crippen molar-refractivity contribution in [3.63, 3.8) is 0 Å². The first-order chi connectivity index (χ1) is 9.56. The second kappa shape index (κ2) is 4.88. The lowest BCUT2D eigenvalue weighted by Gasteiger charge is -2.13. The summed E-state index contributed by atoms with van der Waals surface area (Å²) in [4.78, 5) is 22.7. The van der Waals surface area contributed by atoms with E-state index in [1.807, 2.05) is 0 Å². The summed E-state index contributed by atoms with van der Waals surface area (Å²) in [5, 5.41) is 18.5. The van der Waals surface area contributed by atoms with E-state index >= 15 is 0 Å². The van der Waals surface area contributed by atoms with Gasteiger partial charge in [0.15, 0.2) is 0 Å². The van der Waals surface area contributed by atoms with E-state index < -0.39 is 11.9 Å². The van der Waals surface area contributed by atoms with Crippen LogP contribution in [0.2, 0.25) is 0 Å². The molecule has 6 nitrogen and oxygen atoms in total. The van der Waals surface area contributed by atoms with Gasteiger partial charge in [-0.1, -0.05) is 6.07 Å². The number of aromatic carboxylic acids is 2. The topological polar surface area (TPSA) is 99.7 Å². The van der Waals surface area contributed by atoms with Gasteiger partial charge in [-0.3, -0.25) is 0 Å². The van der Waals surface area contributed by atoms with Crippen molar-refractivity contribution in [3.8, 4) is 0 Å². The van der Waals surface area contributed by atoms with Gasteiger partial charge < -0.3 is 19.7 Å². The molecule has 3 rings (SSSR count). The Labute approximate surface area is 114 Å². The highest BCUT2D eigenvalue weighted by Gasteiger charge is 2.32. The Bertz CT molecular complexity index is 571. The van der Waals surface area contributed by atoms with E-state index in [2.05, 4.69) is 0 Å². The number of benzene rings is 1. The van der Waals surface area contributed by atoms with Gasteiger partial charge >= 0.3 is 11.9 Å². The Kier molecular flexibility index (Phi) is 3.19. The summed E-state index contributed by atoms with van der Waals surface area (Å²) in [5.74, 6) is -2.44. The summed E-state index contributed by atoms with van der Waals surface area (Å²) < 4.78 is 10.3. The Morgan fingerprint density at radius 2 is 1.65 bits per heavy atom. The normalized spacial score (nSPS) is 23.4. The molecule has 2 aliphatic rings. The third-order valence-electron chi connectivity index (χ3n) is 3.54. The molecule has 2 N–H and O–H groups in total. The average molecular weight is 278 g/mol. The Balaban J connectivity index is 2.06. The van der Waals surface area contributed by atoms with Crippen molar-refractivity contribution in [1.29, 1.82) is 0 Å². The van der Waals surface area contributed by atoms with Crippen LogP contribution >= 0.6 is 0 Å². The Hall–Kier alpha value is -1.92. The fraction of sp³-hybridized carbons (Fsp3) is 0.429. The van der Waals surface area contributed by atoms with Crippen molar-refractivity contribution in [3.05, 3.63) is 34.4 Å². The van der Waals surface area contributed by atoms with Gasteiger partial charge in [0.25, 0.3) is 0 Å². The van der Waals surface area contributed by atoms with Gasteiger partial charge in [-0.15, -0.1) is 0 Å². The minimum Gasteiger partial charge on any atom is -0.478 e. The predicted octanol–water partition coefficient (Wildman–Crippen LogP) is 0.966. The van der Waals surface area contributed by atoms with E-state index in [0.29, 0.717) is 31.6 Å². The summed E-state index contributed by atoms with van der Waals surface area (Å²) in [5.41, 5.74) is 1.11. The largest absolute Gasteiger partial charge is 0.478 e. The first-order valence-corrected chi connectivity index (χ1v) is 6.41. The van der Waals surface area contributed by atoms with Crippen LogP contribution in [0.25, 0.3) is 0 Å². The van der Waals surface area contributed by atoms with Gasteiger partial charge in [-0.05, 0) is 17.2 Å². The lowest BCUT2D eigenvalue weighted by atomic mass is 9.90. The van der Waals surface area contributed by atoms with E-state index in [9.17, 15) is 14.7 Å². The van der Waals surface area contributed by atoms with E-state index in [1.165, 1.54) is 6.07 Å². The molecule has 0 amide bonds. The molecule has 0 bridgehead atoms. The zero-order valence-corrected chi connectivity index (χ0v) is 10.7. The molecule has 0 saturated carbocycles. The number of carboxylic acid groups (broad SMARTS) is 2. The SMILES string of the molecule is O=C(O)c1ccc(CC2CO2)c(CC2CO2)c1C(=O)O. The van der Waals surface area contributed by atoms with Gasteiger partial charge in [0.2, 0.25) is 0 Å². The number of hydrogen-bond acceptors (Lipinski definition) is 4. The van der Waals surface area contributed by atoms with Crippen LogP contribution in [-0.2, 0) is 22.3 Å². The van der Waals surface area contributed by atoms with Crippen molar-refractivity contribution in [1.82, 2.24) is 0 Å². The molecular weight excluding hydrogens is 264 g/mol. The molecule has 20 heavy (non-hydrogen) atoms. The summed E-state index contributed by atoms with van der Waals surface area (Å²) in [6, 6.07) is 3.05. The molecule has 0 aromatic heterocycles. The summed E-state index contributed by atoms with van der Waals surface area (Å²) >= 11 is 0. The van der Waals surface area contributed by atoms with Crippen LogP contribution in [-0.4, -0.2) is 47.6 Å². The quantitative estimate of drug-likeness (QED) is 0.752. The van der Waals surface area contributed by atoms with Crippen LogP contribution in [0.4, 0.5) is 0 Å². The molecule has 0 radical (unpaired) electrons.